The van der Waals surface area contributed by atoms with Crippen LogP contribution in [0.15, 0.2) is 36.4 Å². The molecule has 1 saturated heterocycles. The first-order valence-corrected chi connectivity index (χ1v) is 8.69. The second-order valence-corrected chi connectivity index (χ2v) is 6.60. The first-order valence-electron chi connectivity index (χ1n) is 8.32. The summed E-state index contributed by atoms with van der Waals surface area (Å²) in [7, 11) is 3.23. The van der Waals surface area contributed by atoms with E-state index in [2.05, 4.69) is 16.2 Å². The number of benzene rings is 2. The van der Waals surface area contributed by atoms with Crippen molar-refractivity contribution in [2.45, 2.75) is 25.4 Å². The van der Waals surface area contributed by atoms with Gasteiger partial charge < -0.3 is 14.8 Å². The van der Waals surface area contributed by atoms with Crippen LogP contribution in [0.2, 0.25) is 5.02 Å². The van der Waals surface area contributed by atoms with Gasteiger partial charge in [0.1, 0.15) is 17.5 Å². The van der Waals surface area contributed by atoms with Crippen molar-refractivity contribution >= 4 is 23.2 Å². The van der Waals surface area contributed by atoms with Crippen molar-refractivity contribution in [3.63, 3.8) is 0 Å². The van der Waals surface area contributed by atoms with Gasteiger partial charge in [-0.2, -0.15) is 0 Å². The Morgan fingerprint density at radius 2 is 1.96 bits per heavy atom. The minimum atomic E-state index is -0.359. The summed E-state index contributed by atoms with van der Waals surface area (Å²) >= 11 is 6.03. The Bertz CT molecular complexity index is 813. The smallest absolute Gasteiger partial charge is 0.242 e. The highest BCUT2D eigenvalue weighted by Gasteiger charge is 2.31. The third kappa shape index (κ3) is 3.93. The molecule has 2 atom stereocenters. The van der Waals surface area contributed by atoms with E-state index in [1.54, 1.807) is 26.4 Å². The number of hydrazine groups is 1. The molecule has 0 aromatic heterocycles. The molecule has 1 amide bonds. The Morgan fingerprint density at radius 3 is 2.65 bits per heavy atom. The van der Waals surface area contributed by atoms with Gasteiger partial charge in [0, 0.05) is 22.3 Å². The van der Waals surface area contributed by atoms with Crippen LogP contribution in [-0.4, -0.2) is 26.2 Å². The van der Waals surface area contributed by atoms with E-state index in [0.29, 0.717) is 11.4 Å². The number of carbonyl (C=O) groups is 1. The van der Waals surface area contributed by atoms with Crippen LogP contribution in [0.3, 0.4) is 0 Å². The van der Waals surface area contributed by atoms with Gasteiger partial charge in [0.25, 0.3) is 0 Å². The highest BCUT2D eigenvalue weighted by molar-refractivity contribution is 6.31. The van der Waals surface area contributed by atoms with Gasteiger partial charge in [-0.05, 0) is 43.2 Å². The van der Waals surface area contributed by atoms with Crippen LogP contribution in [0.5, 0.6) is 11.5 Å². The van der Waals surface area contributed by atoms with Crippen LogP contribution in [0.4, 0.5) is 5.69 Å². The molecule has 3 N–H and O–H groups in total. The van der Waals surface area contributed by atoms with Gasteiger partial charge >= 0.3 is 0 Å². The van der Waals surface area contributed by atoms with Gasteiger partial charge in [-0.25, -0.2) is 10.9 Å². The average Bonchev–Trinajstić information content (AvgIpc) is 3.14. The van der Waals surface area contributed by atoms with E-state index in [4.69, 9.17) is 21.1 Å². The molecule has 2 unspecified atom stereocenters. The number of hydrogen-bond donors (Lipinski definition) is 3. The zero-order valence-corrected chi connectivity index (χ0v) is 15.7. The lowest BCUT2D eigenvalue weighted by molar-refractivity contribution is -0.117. The Balaban J connectivity index is 1.68. The molecule has 7 heteroatoms. The second kappa shape index (κ2) is 7.95. The molecule has 0 spiro atoms. The molecule has 0 saturated carbocycles. The molecule has 0 bridgehead atoms. The summed E-state index contributed by atoms with van der Waals surface area (Å²) in [6.07, 6.45) is 0.598. The van der Waals surface area contributed by atoms with Crippen molar-refractivity contribution in [1.29, 1.82) is 0 Å². The van der Waals surface area contributed by atoms with Crippen LogP contribution < -0.4 is 25.6 Å². The predicted octanol–water partition coefficient (Wildman–Crippen LogP) is 3.21. The van der Waals surface area contributed by atoms with Crippen LogP contribution in [0.1, 0.15) is 23.6 Å². The van der Waals surface area contributed by atoms with E-state index in [1.165, 1.54) is 0 Å². The Morgan fingerprint density at radius 1 is 1.15 bits per heavy atom. The summed E-state index contributed by atoms with van der Waals surface area (Å²) in [4.78, 5) is 12.5. The number of halogens is 1. The van der Waals surface area contributed by atoms with E-state index >= 15 is 0 Å². The third-order valence-electron chi connectivity index (χ3n) is 4.46. The van der Waals surface area contributed by atoms with Gasteiger partial charge in [0.2, 0.25) is 5.91 Å². The van der Waals surface area contributed by atoms with E-state index < -0.39 is 0 Å². The number of amides is 1. The fourth-order valence-corrected chi connectivity index (χ4v) is 3.11. The SMILES string of the molecule is COc1ccc(C2CC(C(=O)Nc3ccc(Cl)c(C)c3)NN2)c(OC)c1. The largest absolute Gasteiger partial charge is 0.497 e. The topological polar surface area (TPSA) is 71.6 Å². The first kappa shape index (κ1) is 18.5. The maximum atomic E-state index is 12.5. The molecule has 0 radical (unpaired) electrons. The second-order valence-electron chi connectivity index (χ2n) is 6.19. The molecule has 0 aliphatic carbocycles. The molecule has 3 rings (SSSR count). The molecule has 138 valence electrons. The van der Waals surface area contributed by atoms with Crippen molar-refractivity contribution in [3.8, 4) is 11.5 Å². The third-order valence-corrected chi connectivity index (χ3v) is 4.89. The summed E-state index contributed by atoms with van der Waals surface area (Å²) in [5.74, 6) is 1.34. The minimum Gasteiger partial charge on any atom is -0.497 e. The number of nitrogens with one attached hydrogen (secondary N) is 3. The maximum absolute atomic E-state index is 12.5. The highest BCUT2D eigenvalue weighted by Crippen LogP contribution is 2.33. The average molecular weight is 376 g/mol. The standard InChI is InChI=1S/C19H22ClN3O3/c1-11-8-12(4-7-15(11)20)21-19(24)17-10-16(22-23-17)14-6-5-13(25-2)9-18(14)26-3/h4-9,16-17,22-23H,10H2,1-3H3,(H,21,24). The number of hydrogen-bond acceptors (Lipinski definition) is 5. The van der Waals surface area contributed by atoms with E-state index in [9.17, 15) is 4.79 Å². The van der Waals surface area contributed by atoms with Crippen LogP contribution in [-0.2, 0) is 4.79 Å². The molecule has 26 heavy (non-hydrogen) atoms. The normalized spacial score (nSPS) is 19.2. The van der Waals surface area contributed by atoms with Crippen molar-refractivity contribution < 1.29 is 14.3 Å². The highest BCUT2D eigenvalue weighted by atomic mass is 35.5. The molecule has 6 nitrogen and oxygen atoms in total. The molecular formula is C19H22ClN3O3. The molecule has 2 aromatic rings. The van der Waals surface area contributed by atoms with Crippen molar-refractivity contribution in [2.75, 3.05) is 19.5 Å². The van der Waals surface area contributed by atoms with Gasteiger partial charge in [-0.3, -0.25) is 4.79 Å². The number of rotatable bonds is 5. The van der Waals surface area contributed by atoms with Crippen LogP contribution in [0.25, 0.3) is 0 Å². The van der Waals surface area contributed by atoms with E-state index in [1.807, 2.05) is 31.2 Å². The van der Waals surface area contributed by atoms with E-state index in [0.717, 1.165) is 28.3 Å². The Labute approximate surface area is 157 Å². The molecule has 1 fully saturated rings. The van der Waals surface area contributed by atoms with Gasteiger partial charge in [-0.1, -0.05) is 17.7 Å². The van der Waals surface area contributed by atoms with Gasteiger partial charge in [-0.15, -0.1) is 0 Å². The summed E-state index contributed by atoms with van der Waals surface area (Å²) in [6.45, 7) is 1.90. The number of aryl methyl sites for hydroxylation is 1. The summed E-state index contributed by atoms with van der Waals surface area (Å²) in [5.41, 5.74) is 8.84. The maximum Gasteiger partial charge on any atom is 0.242 e. The van der Waals surface area contributed by atoms with Crippen LogP contribution >= 0.6 is 11.6 Å². The summed E-state index contributed by atoms with van der Waals surface area (Å²) in [6, 6.07) is 10.7. The molecule has 1 heterocycles. The molecule has 1 aliphatic rings. The quantitative estimate of drug-likeness (QED) is 0.748. The zero-order chi connectivity index (χ0) is 18.7. The van der Waals surface area contributed by atoms with Crippen LogP contribution in [0, 0.1) is 6.92 Å². The van der Waals surface area contributed by atoms with E-state index in [-0.39, 0.29) is 18.0 Å². The van der Waals surface area contributed by atoms with Crippen molar-refractivity contribution in [2.24, 2.45) is 0 Å². The lowest BCUT2D eigenvalue weighted by atomic mass is 10.0. The number of anilines is 1. The fraction of sp³-hybridized carbons (Fsp3) is 0.316. The molecular weight excluding hydrogens is 354 g/mol. The summed E-state index contributed by atoms with van der Waals surface area (Å²) in [5, 5.41) is 3.60. The lowest BCUT2D eigenvalue weighted by Crippen LogP contribution is -2.39. The number of ether oxygens (including phenoxy) is 2. The minimum absolute atomic E-state index is 0.0430. The van der Waals surface area contributed by atoms with Gasteiger partial charge in [0.05, 0.1) is 20.3 Å². The Kier molecular flexibility index (Phi) is 5.66. The zero-order valence-electron chi connectivity index (χ0n) is 14.9. The lowest BCUT2D eigenvalue weighted by Gasteiger charge is -2.15. The predicted molar refractivity (Wildman–Crippen MR) is 102 cm³/mol. The first-order chi connectivity index (χ1) is 12.5. The van der Waals surface area contributed by atoms with Crippen molar-refractivity contribution in [1.82, 2.24) is 10.9 Å². The summed E-state index contributed by atoms with van der Waals surface area (Å²) < 4.78 is 10.7. The number of carbonyl (C=O) groups excluding carboxylic acids is 1. The Hall–Kier alpha value is -2.28. The number of methoxy groups -OCH3 is 2. The fourth-order valence-electron chi connectivity index (χ4n) is 2.99. The van der Waals surface area contributed by atoms with Crippen molar-refractivity contribution in [3.05, 3.63) is 52.5 Å². The monoisotopic (exact) mass is 375 g/mol. The molecule has 2 aromatic carbocycles. The van der Waals surface area contributed by atoms with Gasteiger partial charge in [0.15, 0.2) is 0 Å². The molecule has 1 aliphatic heterocycles.